The van der Waals surface area contributed by atoms with Crippen LogP contribution in [-0.4, -0.2) is 31.4 Å². The van der Waals surface area contributed by atoms with Crippen LogP contribution in [0.2, 0.25) is 0 Å². The summed E-state index contributed by atoms with van der Waals surface area (Å²) in [6.45, 7) is 2.38. The van der Waals surface area contributed by atoms with Crippen LogP contribution in [0.3, 0.4) is 0 Å². The summed E-state index contributed by atoms with van der Waals surface area (Å²) in [4.78, 5) is 0. The van der Waals surface area contributed by atoms with E-state index in [0.717, 1.165) is 19.3 Å². The first-order valence-electron chi connectivity index (χ1n) is 4.35. The third-order valence-corrected chi connectivity index (χ3v) is 4.23. The lowest BCUT2D eigenvalue weighted by Crippen LogP contribution is -2.33. The lowest BCUT2D eigenvalue weighted by molar-refractivity contribution is 0.221. The molecule has 2 aliphatic rings. The van der Waals surface area contributed by atoms with E-state index in [2.05, 4.69) is 0 Å². The molecule has 0 amide bonds. The number of nitrogens with zero attached hydrogens (tertiary/aromatic N) is 1. The summed E-state index contributed by atoms with van der Waals surface area (Å²) in [7, 11) is -3.36. The summed E-state index contributed by atoms with van der Waals surface area (Å²) in [6, 6.07) is 0.125. The minimum absolute atomic E-state index is 0.0602. The standard InChI is InChI=1S/C7H13NO3S/c1-2-8-6-4-3-5-7(6)11-12(8,9)10/h6-7H,2-5H2,1H3/t6-,7-/m1/s1. The van der Waals surface area contributed by atoms with E-state index < -0.39 is 10.3 Å². The first-order chi connectivity index (χ1) is 5.65. The average Bonchev–Trinajstić information content (AvgIpc) is 2.43. The molecule has 0 bridgehead atoms. The Morgan fingerprint density at radius 1 is 1.50 bits per heavy atom. The van der Waals surface area contributed by atoms with Crippen molar-refractivity contribution in [2.45, 2.75) is 38.3 Å². The van der Waals surface area contributed by atoms with Gasteiger partial charge in [0.15, 0.2) is 0 Å². The van der Waals surface area contributed by atoms with Gasteiger partial charge in [0, 0.05) is 6.54 Å². The third kappa shape index (κ3) is 1.08. The van der Waals surface area contributed by atoms with Crippen LogP contribution in [0.25, 0.3) is 0 Å². The molecule has 0 N–H and O–H groups in total. The van der Waals surface area contributed by atoms with Crippen LogP contribution >= 0.6 is 0 Å². The predicted molar refractivity (Wildman–Crippen MR) is 43.8 cm³/mol. The van der Waals surface area contributed by atoms with Crippen molar-refractivity contribution in [1.29, 1.82) is 0 Å². The van der Waals surface area contributed by atoms with Crippen LogP contribution in [0.15, 0.2) is 0 Å². The Hall–Kier alpha value is -0.130. The number of hydrogen-bond donors (Lipinski definition) is 0. The van der Waals surface area contributed by atoms with Gasteiger partial charge in [0.05, 0.1) is 12.1 Å². The molecule has 5 heteroatoms. The zero-order valence-corrected chi connectivity index (χ0v) is 7.88. The van der Waals surface area contributed by atoms with Crippen LogP contribution in [0, 0.1) is 0 Å². The van der Waals surface area contributed by atoms with Gasteiger partial charge in [0.1, 0.15) is 0 Å². The summed E-state index contributed by atoms with van der Waals surface area (Å²) >= 11 is 0. The van der Waals surface area contributed by atoms with Gasteiger partial charge in [-0.3, -0.25) is 4.18 Å². The molecule has 1 saturated carbocycles. The van der Waals surface area contributed by atoms with E-state index in [9.17, 15) is 8.42 Å². The Morgan fingerprint density at radius 3 is 2.92 bits per heavy atom. The maximum Gasteiger partial charge on any atom is 0.339 e. The highest BCUT2D eigenvalue weighted by Gasteiger charge is 2.47. The number of rotatable bonds is 1. The monoisotopic (exact) mass is 191 g/mol. The minimum Gasteiger partial charge on any atom is -0.253 e. The third-order valence-electron chi connectivity index (χ3n) is 2.63. The molecule has 0 radical (unpaired) electrons. The first-order valence-corrected chi connectivity index (χ1v) is 5.71. The van der Waals surface area contributed by atoms with E-state index in [0.29, 0.717) is 6.54 Å². The second-order valence-electron chi connectivity index (χ2n) is 3.29. The van der Waals surface area contributed by atoms with Crippen LogP contribution in [-0.2, 0) is 14.5 Å². The molecule has 0 aromatic carbocycles. The molecule has 12 heavy (non-hydrogen) atoms. The van der Waals surface area contributed by atoms with Gasteiger partial charge >= 0.3 is 10.3 Å². The van der Waals surface area contributed by atoms with E-state index in [1.165, 1.54) is 4.31 Å². The Morgan fingerprint density at radius 2 is 2.25 bits per heavy atom. The van der Waals surface area contributed by atoms with Gasteiger partial charge in [-0.15, -0.1) is 0 Å². The van der Waals surface area contributed by atoms with Crippen molar-refractivity contribution in [3.05, 3.63) is 0 Å². The molecule has 1 heterocycles. The molecule has 0 aromatic rings. The van der Waals surface area contributed by atoms with Gasteiger partial charge in [0.2, 0.25) is 0 Å². The predicted octanol–water partition coefficient (Wildman–Crippen LogP) is 0.504. The zero-order chi connectivity index (χ0) is 8.77. The van der Waals surface area contributed by atoms with Crippen molar-refractivity contribution in [2.75, 3.05) is 6.54 Å². The Balaban J connectivity index is 2.28. The van der Waals surface area contributed by atoms with Crippen molar-refractivity contribution >= 4 is 10.3 Å². The highest BCUT2D eigenvalue weighted by Crippen LogP contribution is 2.35. The van der Waals surface area contributed by atoms with Gasteiger partial charge in [-0.05, 0) is 19.3 Å². The van der Waals surface area contributed by atoms with Crippen molar-refractivity contribution in [1.82, 2.24) is 4.31 Å². The van der Waals surface area contributed by atoms with Crippen molar-refractivity contribution in [3.63, 3.8) is 0 Å². The van der Waals surface area contributed by atoms with Crippen molar-refractivity contribution < 1.29 is 12.6 Å². The fourth-order valence-electron chi connectivity index (χ4n) is 2.12. The summed E-state index contributed by atoms with van der Waals surface area (Å²) in [5.74, 6) is 0. The fraction of sp³-hybridized carbons (Fsp3) is 1.00. The van der Waals surface area contributed by atoms with Crippen molar-refractivity contribution in [2.24, 2.45) is 0 Å². The largest absolute Gasteiger partial charge is 0.339 e. The van der Waals surface area contributed by atoms with Gasteiger partial charge in [-0.25, -0.2) is 0 Å². The quantitative estimate of drug-likeness (QED) is 0.606. The Labute approximate surface area is 72.8 Å². The van der Waals surface area contributed by atoms with Gasteiger partial charge in [-0.1, -0.05) is 6.92 Å². The maximum absolute atomic E-state index is 11.3. The molecule has 70 valence electrons. The number of fused-ring (bicyclic) bond motifs is 1. The van der Waals surface area contributed by atoms with E-state index in [4.69, 9.17) is 4.18 Å². The van der Waals surface area contributed by atoms with E-state index in [-0.39, 0.29) is 12.1 Å². The normalized spacial score (nSPS) is 40.1. The van der Waals surface area contributed by atoms with Crippen LogP contribution in [0.4, 0.5) is 0 Å². The molecule has 2 atom stereocenters. The number of hydrogen-bond acceptors (Lipinski definition) is 3. The van der Waals surface area contributed by atoms with Gasteiger partial charge < -0.3 is 0 Å². The van der Waals surface area contributed by atoms with E-state index >= 15 is 0 Å². The molecule has 2 rings (SSSR count). The topological polar surface area (TPSA) is 46.6 Å². The lowest BCUT2D eigenvalue weighted by atomic mass is 10.2. The molecule has 1 aliphatic heterocycles. The van der Waals surface area contributed by atoms with E-state index in [1.807, 2.05) is 6.92 Å². The molecule has 0 aromatic heterocycles. The lowest BCUT2D eigenvalue weighted by Gasteiger charge is -2.15. The van der Waals surface area contributed by atoms with Gasteiger partial charge in [0.25, 0.3) is 0 Å². The smallest absolute Gasteiger partial charge is 0.253 e. The zero-order valence-electron chi connectivity index (χ0n) is 7.06. The van der Waals surface area contributed by atoms with Crippen LogP contribution in [0.5, 0.6) is 0 Å². The Kier molecular flexibility index (Phi) is 1.89. The molecule has 2 fully saturated rings. The average molecular weight is 191 g/mol. The minimum atomic E-state index is -3.36. The summed E-state index contributed by atoms with van der Waals surface area (Å²) in [5.41, 5.74) is 0. The van der Waals surface area contributed by atoms with Crippen LogP contribution < -0.4 is 0 Å². The first kappa shape index (κ1) is 8.47. The number of likely N-dealkylation sites (N-methyl/N-ethyl adjacent to an activating group) is 1. The van der Waals surface area contributed by atoms with Gasteiger partial charge in [-0.2, -0.15) is 12.7 Å². The molecule has 4 nitrogen and oxygen atoms in total. The molecule has 1 aliphatic carbocycles. The summed E-state index contributed by atoms with van der Waals surface area (Å²) in [5, 5.41) is 0. The molecular weight excluding hydrogens is 178 g/mol. The second-order valence-corrected chi connectivity index (χ2v) is 4.81. The second kappa shape index (κ2) is 2.68. The van der Waals surface area contributed by atoms with Crippen LogP contribution in [0.1, 0.15) is 26.2 Å². The highest BCUT2D eigenvalue weighted by atomic mass is 32.2. The highest BCUT2D eigenvalue weighted by molar-refractivity contribution is 7.84. The summed E-state index contributed by atoms with van der Waals surface area (Å²) in [6.07, 6.45) is 2.87. The maximum atomic E-state index is 11.3. The fourth-order valence-corrected chi connectivity index (χ4v) is 3.65. The van der Waals surface area contributed by atoms with Crippen molar-refractivity contribution in [3.8, 4) is 0 Å². The molecule has 1 saturated heterocycles. The summed E-state index contributed by atoms with van der Waals surface area (Å²) < 4.78 is 29.1. The molecule has 0 unspecified atom stereocenters. The van der Waals surface area contributed by atoms with E-state index in [1.54, 1.807) is 0 Å². The molecular formula is C7H13NO3S. The molecule has 0 spiro atoms. The SMILES string of the molecule is CCN1[C@@H]2CCC[C@H]2OS1(=O)=O. The Bertz CT molecular complexity index is 274.